The SMILES string of the molecule is COC(=O)C1CCCN1c1cccc2cncc(C)c12. The largest absolute Gasteiger partial charge is 0.467 e. The highest BCUT2D eigenvalue weighted by Crippen LogP contribution is 2.34. The summed E-state index contributed by atoms with van der Waals surface area (Å²) in [7, 11) is 1.46. The van der Waals surface area contributed by atoms with Gasteiger partial charge in [0.05, 0.1) is 7.11 Å². The minimum absolute atomic E-state index is 0.147. The van der Waals surface area contributed by atoms with Gasteiger partial charge >= 0.3 is 5.97 Å². The smallest absolute Gasteiger partial charge is 0.328 e. The Morgan fingerprint density at radius 1 is 1.40 bits per heavy atom. The lowest BCUT2D eigenvalue weighted by molar-refractivity contribution is -0.141. The molecule has 1 unspecified atom stereocenters. The molecular weight excluding hydrogens is 252 g/mol. The maximum absolute atomic E-state index is 11.9. The predicted molar refractivity (Wildman–Crippen MR) is 78.9 cm³/mol. The van der Waals surface area contributed by atoms with Gasteiger partial charge in [-0.2, -0.15) is 0 Å². The molecule has 104 valence electrons. The van der Waals surface area contributed by atoms with Crippen molar-refractivity contribution in [3.63, 3.8) is 0 Å². The summed E-state index contributed by atoms with van der Waals surface area (Å²) in [6, 6.07) is 5.99. The quantitative estimate of drug-likeness (QED) is 0.787. The molecule has 0 radical (unpaired) electrons. The number of carbonyl (C=O) groups excluding carboxylic acids is 1. The van der Waals surface area contributed by atoms with Crippen molar-refractivity contribution in [3.8, 4) is 0 Å². The van der Waals surface area contributed by atoms with Crippen molar-refractivity contribution >= 4 is 22.4 Å². The third-order valence-corrected chi connectivity index (χ3v) is 3.99. The monoisotopic (exact) mass is 270 g/mol. The van der Waals surface area contributed by atoms with Gasteiger partial charge in [-0.05, 0) is 31.4 Å². The van der Waals surface area contributed by atoms with Gasteiger partial charge in [0.2, 0.25) is 0 Å². The number of fused-ring (bicyclic) bond motifs is 1. The van der Waals surface area contributed by atoms with Crippen molar-refractivity contribution in [2.24, 2.45) is 0 Å². The van der Waals surface area contributed by atoms with Gasteiger partial charge in [0.15, 0.2) is 0 Å². The maximum Gasteiger partial charge on any atom is 0.328 e. The van der Waals surface area contributed by atoms with Gasteiger partial charge in [-0.1, -0.05) is 12.1 Å². The van der Waals surface area contributed by atoms with Gasteiger partial charge in [-0.3, -0.25) is 4.98 Å². The summed E-state index contributed by atoms with van der Waals surface area (Å²) in [5.41, 5.74) is 2.24. The fourth-order valence-electron chi connectivity index (χ4n) is 3.06. The summed E-state index contributed by atoms with van der Waals surface area (Å²) in [5, 5.41) is 2.29. The fraction of sp³-hybridized carbons (Fsp3) is 0.375. The molecule has 1 aromatic carbocycles. The molecule has 1 saturated heterocycles. The lowest BCUT2D eigenvalue weighted by Gasteiger charge is -2.26. The second kappa shape index (κ2) is 5.12. The van der Waals surface area contributed by atoms with Gasteiger partial charge < -0.3 is 9.64 Å². The minimum atomic E-state index is -0.168. The van der Waals surface area contributed by atoms with Crippen molar-refractivity contribution in [1.29, 1.82) is 0 Å². The van der Waals surface area contributed by atoms with Crippen molar-refractivity contribution < 1.29 is 9.53 Å². The molecule has 2 aromatic rings. The average molecular weight is 270 g/mol. The average Bonchev–Trinajstić information content (AvgIpc) is 2.95. The lowest BCUT2D eigenvalue weighted by Crippen LogP contribution is -2.37. The summed E-state index contributed by atoms with van der Waals surface area (Å²) in [6.07, 6.45) is 5.61. The van der Waals surface area contributed by atoms with E-state index in [1.807, 2.05) is 18.5 Å². The van der Waals surface area contributed by atoms with Crippen LogP contribution < -0.4 is 4.90 Å². The Bertz CT molecular complexity index is 649. The van der Waals surface area contributed by atoms with E-state index in [-0.39, 0.29) is 12.0 Å². The highest BCUT2D eigenvalue weighted by Gasteiger charge is 2.32. The third-order valence-electron chi connectivity index (χ3n) is 3.99. The Morgan fingerprint density at radius 3 is 3.05 bits per heavy atom. The lowest BCUT2D eigenvalue weighted by atomic mass is 10.1. The van der Waals surface area contributed by atoms with Crippen LogP contribution in [-0.2, 0) is 9.53 Å². The Morgan fingerprint density at radius 2 is 2.25 bits per heavy atom. The molecule has 0 bridgehead atoms. The minimum Gasteiger partial charge on any atom is -0.467 e. The van der Waals surface area contributed by atoms with Crippen LogP contribution in [0.2, 0.25) is 0 Å². The van der Waals surface area contributed by atoms with Crippen LogP contribution in [-0.4, -0.2) is 30.6 Å². The standard InChI is InChI=1S/C16H18N2O2/c1-11-9-17-10-12-5-3-6-13(15(11)12)18-8-4-7-14(18)16(19)20-2/h3,5-6,9-10,14H,4,7-8H2,1-2H3. The number of aromatic nitrogens is 1. The van der Waals surface area contributed by atoms with Crippen LogP contribution >= 0.6 is 0 Å². The van der Waals surface area contributed by atoms with Crippen LogP contribution in [0.3, 0.4) is 0 Å². The van der Waals surface area contributed by atoms with Crippen LogP contribution in [0.4, 0.5) is 5.69 Å². The van der Waals surface area contributed by atoms with Crippen LogP contribution in [0.15, 0.2) is 30.6 Å². The van der Waals surface area contributed by atoms with Crippen molar-refractivity contribution in [3.05, 3.63) is 36.2 Å². The first-order valence-electron chi connectivity index (χ1n) is 6.90. The Labute approximate surface area is 118 Å². The number of hydrogen-bond acceptors (Lipinski definition) is 4. The Kier molecular flexibility index (Phi) is 3.30. The van der Waals surface area contributed by atoms with Gasteiger partial charge in [-0.15, -0.1) is 0 Å². The van der Waals surface area contributed by atoms with Crippen LogP contribution in [0, 0.1) is 6.92 Å². The molecule has 0 N–H and O–H groups in total. The summed E-state index contributed by atoms with van der Waals surface area (Å²) < 4.78 is 4.94. The number of esters is 1. The zero-order valence-corrected chi connectivity index (χ0v) is 11.8. The number of hydrogen-bond donors (Lipinski definition) is 0. The van der Waals surface area contributed by atoms with Gasteiger partial charge in [-0.25, -0.2) is 4.79 Å². The first-order valence-corrected chi connectivity index (χ1v) is 6.90. The number of anilines is 1. The van der Waals surface area contributed by atoms with Crippen molar-refractivity contribution in [2.45, 2.75) is 25.8 Å². The molecule has 20 heavy (non-hydrogen) atoms. The van der Waals surface area contributed by atoms with E-state index in [1.54, 1.807) is 0 Å². The Hall–Kier alpha value is -2.10. The predicted octanol–water partition coefficient (Wildman–Crippen LogP) is 2.69. The number of pyridine rings is 1. The van der Waals surface area contributed by atoms with Gasteiger partial charge in [0, 0.05) is 35.4 Å². The number of methoxy groups -OCH3 is 1. The molecular formula is C16H18N2O2. The maximum atomic E-state index is 11.9. The molecule has 4 nitrogen and oxygen atoms in total. The second-order valence-corrected chi connectivity index (χ2v) is 5.21. The van der Waals surface area contributed by atoms with E-state index in [9.17, 15) is 4.79 Å². The molecule has 1 atom stereocenters. The van der Waals surface area contributed by atoms with E-state index < -0.39 is 0 Å². The molecule has 0 amide bonds. The zero-order valence-electron chi connectivity index (χ0n) is 11.8. The highest BCUT2D eigenvalue weighted by molar-refractivity contribution is 5.98. The number of ether oxygens (including phenoxy) is 1. The molecule has 1 aliphatic rings. The number of benzene rings is 1. The third kappa shape index (κ3) is 2.01. The van der Waals surface area contributed by atoms with Crippen LogP contribution in [0.5, 0.6) is 0 Å². The molecule has 4 heteroatoms. The molecule has 0 aliphatic carbocycles. The van der Waals surface area contributed by atoms with Crippen LogP contribution in [0.1, 0.15) is 18.4 Å². The summed E-state index contributed by atoms with van der Waals surface area (Å²) in [5.74, 6) is -0.147. The van der Waals surface area contributed by atoms with E-state index in [0.29, 0.717) is 0 Å². The first kappa shape index (κ1) is 12.9. The van der Waals surface area contributed by atoms with E-state index in [2.05, 4.69) is 28.9 Å². The zero-order chi connectivity index (χ0) is 14.1. The van der Waals surface area contributed by atoms with E-state index in [0.717, 1.165) is 36.0 Å². The topological polar surface area (TPSA) is 42.4 Å². The second-order valence-electron chi connectivity index (χ2n) is 5.21. The van der Waals surface area contributed by atoms with Crippen molar-refractivity contribution in [1.82, 2.24) is 4.98 Å². The van der Waals surface area contributed by atoms with Crippen molar-refractivity contribution in [2.75, 3.05) is 18.6 Å². The number of nitrogens with zero attached hydrogens (tertiary/aromatic N) is 2. The van der Waals surface area contributed by atoms with E-state index >= 15 is 0 Å². The molecule has 3 rings (SSSR count). The van der Waals surface area contributed by atoms with Gasteiger partial charge in [0.25, 0.3) is 0 Å². The molecule has 1 aromatic heterocycles. The molecule has 0 saturated carbocycles. The number of rotatable bonds is 2. The molecule has 2 heterocycles. The van der Waals surface area contributed by atoms with Gasteiger partial charge in [0.1, 0.15) is 6.04 Å². The Balaban J connectivity index is 2.12. The number of carbonyl (C=O) groups is 1. The number of aryl methyl sites for hydroxylation is 1. The van der Waals surface area contributed by atoms with Crippen LogP contribution in [0.25, 0.3) is 10.8 Å². The summed E-state index contributed by atoms with van der Waals surface area (Å²) >= 11 is 0. The highest BCUT2D eigenvalue weighted by atomic mass is 16.5. The molecule has 0 spiro atoms. The first-order chi connectivity index (χ1) is 9.72. The normalized spacial score (nSPS) is 18.5. The summed E-state index contributed by atoms with van der Waals surface area (Å²) in [4.78, 5) is 18.4. The van der Waals surface area contributed by atoms with E-state index in [4.69, 9.17) is 4.74 Å². The molecule has 1 aliphatic heterocycles. The van der Waals surface area contributed by atoms with E-state index in [1.165, 1.54) is 12.5 Å². The fourth-order valence-corrected chi connectivity index (χ4v) is 3.06. The molecule has 1 fully saturated rings. The summed E-state index contributed by atoms with van der Waals surface area (Å²) in [6.45, 7) is 2.95.